The Bertz CT molecular complexity index is 1400. The molecule has 0 bridgehead atoms. The number of fused-ring (bicyclic) bond motifs is 1. The van der Waals surface area contributed by atoms with E-state index in [9.17, 15) is 10.0 Å². The molecule has 7 heteroatoms. The van der Waals surface area contributed by atoms with Crippen molar-refractivity contribution in [2.45, 2.75) is 25.8 Å². The minimum absolute atomic E-state index is 0.156. The smallest absolute Gasteiger partial charge is 0.384 e. The number of nitrogens with zero attached hydrogens (tertiary/aromatic N) is 4. The van der Waals surface area contributed by atoms with Crippen LogP contribution < -0.4 is 11.0 Å². The van der Waals surface area contributed by atoms with E-state index >= 15 is 0 Å². The molecule has 2 aromatic heterocycles. The summed E-state index contributed by atoms with van der Waals surface area (Å²) in [6.07, 6.45) is 5.03. The predicted octanol–water partition coefficient (Wildman–Crippen LogP) is 4.94. The zero-order valence-electron chi connectivity index (χ0n) is 18.2. The number of hydrogen-bond donors (Lipinski definition) is 2. The van der Waals surface area contributed by atoms with Crippen molar-refractivity contribution in [3.05, 3.63) is 95.2 Å². The first-order valence-corrected chi connectivity index (χ1v) is 11.0. The summed E-state index contributed by atoms with van der Waals surface area (Å²) in [5, 5.41) is 13.7. The average molecular weight is 440 g/mol. The van der Waals surface area contributed by atoms with Crippen molar-refractivity contribution < 1.29 is 5.21 Å². The maximum absolute atomic E-state index is 12.1. The maximum atomic E-state index is 12.1. The van der Waals surface area contributed by atoms with E-state index in [4.69, 9.17) is 0 Å². The van der Waals surface area contributed by atoms with E-state index in [1.807, 2.05) is 18.2 Å². The van der Waals surface area contributed by atoms with E-state index in [-0.39, 0.29) is 5.65 Å². The quantitative estimate of drug-likeness (QED) is 0.429. The van der Waals surface area contributed by atoms with Gasteiger partial charge in [-0.3, -0.25) is 0 Å². The highest BCUT2D eigenvalue weighted by Crippen LogP contribution is 2.28. The Hall–Kier alpha value is -4.13. The summed E-state index contributed by atoms with van der Waals surface area (Å²) in [6, 6.07) is 20.0. The predicted molar refractivity (Wildman–Crippen MR) is 130 cm³/mol. The third kappa shape index (κ3) is 4.30. The molecule has 1 aliphatic rings. The van der Waals surface area contributed by atoms with Crippen molar-refractivity contribution in [2.75, 3.05) is 11.9 Å². The highest BCUT2D eigenvalue weighted by Gasteiger charge is 2.14. The molecule has 7 nitrogen and oxygen atoms in total. The van der Waals surface area contributed by atoms with Gasteiger partial charge in [-0.1, -0.05) is 36.9 Å². The lowest BCUT2D eigenvalue weighted by molar-refractivity contribution is 0.182. The molecule has 5 rings (SSSR count). The first-order valence-electron chi connectivity index (χ1n) is 11.0. The Balaban J connectivity index is 1.43. The van der Waals surface area contributed by atoms with E-state index in [1.54, 1.807) is 12.1 Å². The fraction of sp³-hybridized carbons (Fsp3) is 0.192. The molecule has 2 N–H and O–H groups in total. The number of hydrogen-bond acceptors (Lipinski definition) is 6. The molecule has 4 aromatic rings. The highest BCUT2D eigenvalue weighted by atomic mass is 16.5. The van der Waals surface area contributed by atoms with Crippen molar-refractivity contribution in [1.29, 1.82) is 0 Å². The van der Waals surface area contributed by atoms with Gasteiger partial charge in [0.05, 0.1) is 5.39 Å². The van der Waals surface area contributed by atoms with E-state index in [0.717, 1.165) is 36.3 Å². The van der Waals surface area contributed by atoms with Gasteiger partial charge in [-0.15, -0.1) is 4.73 Å². The molecular weight excluding hydrogens is 414 g/mol. The number of piperidine rings is 1. The second-order valence-corrected chi connectivity index (χ2v) is 8.28. The van der Waals surface area contributed by atoms with Gasteiger partial charge in [0.25, 0.3) is 0 Å². The monoisotopic (exact) mass is 439 g/mol. The second-order valence-electron chi connectivity index (χ2n) is 8.28. The number of pyridine rings is 1. The summed E-state index contributed by atoms with van der Waals surface area (Å²) in [5.74, 6) is 0.350. The van der Waals surface area contributed by atoms with E-state index in [1.165, 1.54) is 30.3 Å². The number of aromatic nitrogens is 3. The molecule has 0 aliphatic carbocycles. The molecule has 1 fully saturated rings. The summed E-state index contributed by atoms with van der Waals surface area (Å²) < 4.78 is 0.458. The van der Waals surface area contributed by atoms with Gasteiger partial charge < -0.3 is 15.4 Å². The van der Waals surface area contributed by atoms with Gasteiger partial charge in [-0.25, -0.2) is 9.78 Å². The Labute approximate surface area is 191 Å². The maximum Gasteiger partial charge on any atom is 0.384 e. The van der Waals surface area contributed by atoms with Gasteiger partial charge >= 0.3 is 5.69 Å². The van der Waals surface area contributed by atoms with Gasteiger partial charge in [0.15, 0.2) is 5.65 Å². The van der Waals surface area contributed by atoms with E-state index in [2.05, 4.69) is 57.1 Å². The molecule has 33 heavy (non-hydrogen) atoms. The molecule has 1 aliphatic heterocycles. The first kappa shape index (κ1) is 20.8. The topological polar surface area (TPSA) is 83.3 Å². The number of nitrogens with one attached hydrogen (secondary N) is 1. The van der Waals surface area contributed by atoms with E-state index < -0.39 is 5.69 Å². The Morgan fingerprint density at radius 1 is 1.03 bits per heavy atom. The van der Waals surface area contributed by atoms with Crippen molar-refractivity contribution in [3.8, 4) is 11.1 Å². The van der Waals surface area contributed by atoms with Crippen LogP contribution in [0.2, 0.25) is 0 Å². The number of allylic oxidation sites excluding steroid dienone is 1. The van der Waals surface area contributed by atoms with Crippen LogP contribution in [0.25, 0.3) is 22.2 Å². The van der Waals surface area contributed by atoms with Crippen LogP contribution in [-0.4, -0.2) is 31.4 Å². The summed E-state index contributed by atoms with van der Waals surface area (Å²) in [4.78, 5) is 22.5. The molecule has 166 valence electrons. The van der Waals surface area contributed by atoms with Crippen LogP contribution in [0.1, 0.15) is 24.8 Å². The summed E-state index contributed by atoms with van der Waals surface area (Å²) >= 11 is 0. The van der Waals surface area contributed by atoms with Crippen molar-refractivity contribution in [3.63, 3.8) is 0 Å². The highest BCUT2D eigenvalue weighted by molar-refractivity contribution is 5.88. The van der Waals surface area contributed by atoms with Crippen molar-refractivity contribution in [1.82, 2.24) is 19.6 Å². The lowest BCUT2D eigenvalue weighted by atomic mass is 10.0. The van der Waals surface area contributed by atoms with Crippen LogP contribution in [0.4, 0.5) is 11.5 Å². The van der Waals surface area contributed by atoms with Crippen molar-refractivity contribution >= 4 is 22.5 Å². The number of anilines is 2. The zero-order valence-corrected chi connectivity index (χ0v) is 18.2. The average Bonchev–Trinajstić information content (AvgIpc) is 2.84. The van der Waals surface area contributed by atoms with Gasteiger partial charge in [-0.05, 0) is 66.3 Å². The minimum atomic E-state index is -0.785. The third-order valence-electron chi connectivity index (χ3n) is 5.98. The SMILES string of the molecule is C=C1CCCCN1Cc1cccc(-c2cccc(Nc3nc(=O)n(O)c4ncccc34)c2)c1. The Kier molecular flexibility index (Phi) is 5.52. The summed E-state index contributed by atoms with van der Waals surface area (Å²) in [5.41, 5.74) is 4.79. The molecule has 0 spiro atoms. The minimum Gasteiger partial charge on any atom is -0.422 e. The molecule has 0 amide bonds. The molecule has 2 aromatic carbocycles. The lowest BCUT2D eigenvalue weighted by Gasteiger charge is -2.31. The van der Waals surface area contributed by atoms with Crippen LogP contribution in [0, 0.1) is 0 Å². The number of benzene rings is 2. The molecule has 0 atom stereocenters. The number of rotatable bonds is 5. The van der Waals surface area contributed by atoms with Crippen LogP contribution in [0.15, 0.2) is 83.9 Å². The third-order valence-corrected chi connectivity index (χ3v) is 5.98. The number of likely N-dealkylation sites (tertiary alicyclic amines) is 1. The lowest BCUT2D eigenvalue weighted by Crippen LogP contribution is -2.26. The molecule has 0 saturated carbocycles. The molecular formula is C26H25N5O2. The van der Waals surface area contributed by atoms with Crippen LogP contribution in [0.5, 0.6) is 0 Å². The molecule has 3 heterocycles. The standard InChI is InChI=1S/C26H25N5O2/c1-18-7-2-3-14-30(18)17-19-8-4-9-20(15-19)21-10-5-11-22(16-21)28-24-23-12-6-13-27-25(23)31(33)26(32)29-24/h4-6,8-13,15-16,33H,1-3,7,14,17H2,(H,28,29,32). The molecule has 0 radical (unpaired) electrons. The van der Waals surface area contributed by atoms with Crippen molar-refractivity contribution in [2.24, 2.45) is 0 Å². The van der Waals surface area contributed by atoms with Gasteiger partial charge in [0, 0.05) is 30.7 Å². The Morgan fingerprint density at radius 2 is 1.85 bits per heavy atom. The van der Waals surface area contributed by atoms with Crippen LogP contribution in [-0.2, 0) is 6.54 Å². The fourth-order valence-corrected chi connectivity index (χ4v) is 4.26. The largest absolute Gasteiger partial charge is 0.422 e. The van der Waals surface area contributed by atoms with Gasteiger partial charge in [0.2, 0.25) is 0 Å². The van der Waals surface area contributed by atoms with Gasteiger partial charge in [-0.2, -0.15) is 4.98 Å². The van der Waals surface area contributed by atoms with Gasteiger partial charge in [0.1, 0.15) is 5.82 Å². The molecule has 1 saturated heterocycles. The zero-order chi connectivity index (χ0) is 22.8. The van der Waals surface area contributed by atoms with Crippen LogP contribution in [0.3, 0.4) is 0 Å². The summed E-state index contributed by atoms with van der Waals surface area (Å²) in [7, 11) is 0. The first-order chi connectivity index (χ1) is 16.1. The summed E-state index contributed by atoms with van der Waals surface area (Å²) in [6.45, 7) is 6.15. The van der Waals surface area contributed by atoms with Crippen LogP contribution >= 0.6 is 0 Å². The second kappa shape index (κ2) is 8.78. The van der Waals surface area contributed by atoms with E-state index in [0.29, 0.717) is 15.9 Å². The normalized spacial score (nSPS) is 13.9. The molecule has 0 unspecified atom stereocenters. The fourth-order valence-electron chi connectivity index (χ4n) is 4.26. The Morgan fingerprint density at radius 3 is 2.70 bits per heavy atom.